The van der Waals surface area contributed by atoms with Gasteiger partial charge in [0.05, 0.1) is 24.0 Å². The molecule has 2 aromatic rings. The van der Waals surface area contributed by atoms with E-state index in [-0.39, 0.29) is 17.9 Å². The van der Waals surface area contributed by atoms with Gasteiger partial charge in [0.25, 0.3) is 0 Å². The van der Waals surface area contributed by atoms with Crippen LogP contribution in [0.4, 0.5) is 10.5 Å². The van der Waals surface area contributed by atoms with Crippen molar-refractivity contribution in [3.05, 3.63) is 24.4 Å². The summed E-state index contributed by atoms with van der Waals surface area (Å²) in [7, 11) is 1.62. The number of likely N-dealkylation sites (tertiary alicyclic amines) is 1. The van der Waals surface area contributed by atoms with Crippen LogP contribution in [0.1, 0.15) is 6.42 Å². The fourth-order valence-electron chi connectivity index (χ4n) is 2.89. The molecule has 1 atom stereocenters. The molecule has 0 radical (unpaired) electrons. The van der Waals surface area contributed by atoms with E-state index in [0.717, 1.165) is 10.9 Å². The minimum Gasteiger partial charge on any atom is -0.383 e. The third kappa shape index (κ3) is 3.65. The van der Waals surface area contributed by atoms with Crippen LogP contribution in [0.15, 0.2) is 24.4 Å². The lowest BCUT2D eigenvalue weighted by molar-refractivity contribution is -0.128. The maximum atomic E-state index is 12.1. The molecule has 3 rings (SSSR count). The molecule has 1 saturated heterocycles. The van der Waals surface area contributed by atoms with E-state index in [0.29, 0.717) is 38.3 Å². The molecule has 0 saturated carbocycles. The Bertz CT molecular complexity index is 729. The van der Waals surface area contributed by atoms with Crippen molar-refractivity contribution >= 4 is 28.5 Å². The predicted octanol–water partition coefficient (Wildman–Crippen LogP) is 1.18. The number of hydrogen-bond donors (Lipinski definition) is 3. The summed E-state index contributed by atoms with van der Waals surface area (Å²) in [6, 6.07) is 5.28. The van der Waals surface area contributed by atoms with Crippen molar-refractivity contribution in [2.45, 2.75) is 6.42 Å². The molecule has 2 heterocycles. The molecule has 0 bridgehead atoms. The highest BCUT2D eigenvalue weighted by Crippen LogP contribution is 2.21. The minimum atomic E-state index is -0.286. The number of carbonyl (C=O) groups excluding carboxylic acids is 2. The average Bonchev–Trinajstić information content (AvgIpc) is 3.18. The minimum absolute atomic E-state index is 0.113. The van der Waals surface area contributed by atoms with E-state index < -0.39 is 0 Å². The Morgan fingerprint density at radius 2 is 2.38 bits per heavy atom. The van der Waals surface area contributed by atoms with Crippen LogP contribution in [-0.4, -0.2) is 60.4 Å². The van der Waals surface area contributed by atoms with Crippen LogP contribution in [0.3, 0.4) is 0 Å². The molecule has 1 aliphatic rings. The highest BCUT2D eigenvalue weighted by molar-refractivity contribution is 6.00. The number of urea groups is 1. The number of amides is 3. The molecule has 1 fully saturated rings. The number of aromatic nitrogens is 2. The number of fused-ring (bicyclic) bond motifs is 1. The van der Waals surface area contributed by atoms with E-state index >= 15 is 0 Å². The van der Waals surface area contributed by atoms with Gasteiger partial charge in [-0.25, -0.2) is 4.79 Å². The van der Waals surface area contributed by atoms with Gasteiger partial charge in [-0.05, 0) is 12.1 Å². The zero-order valence-electron chi connectivity index (χ0n) is 13.5. The van der Waals surface area contributed by atoms with Gasteiger partial charge in [0.2, 0.25) is 5.91 Å². The van der Waals surface area contributed by atoms with Crippen molar-refractivity contribution in [2.75, 3.05) is 38.7 Å². The Morgan fingerprint density at radius 3 is 3.21 bits per heavy atom. The molecule has 8 nitrogen and oxygen atoms in total. The highest BCUT2D eigenvalue weighted by Gasteiger charge is 2.29. The first kappa shape index (κ1) is 16.3. The summed E-state index contributed by atoms with van der Waals surface area (Å²) < 4.78 is 5.00. The van der Waals surface area contributed by atoms with Crippen LogP contribution >= 0.6 is 0 Å². The van der Waals surface area contributed by atoms with Crippen LogP contribution in [0.25, 0.3) is 10.9 Å². The zero-order valence-corrected chi connectivity index (χ0v) is 13.5. The molecule has 0 spiro atoms. The normalized spacial score (nSPS) is 17.5. The lowest BCUT2D eigenvalue weighted by Gasteiger charge is -2.16. The number of hydrogen-bond acceptors (Lipinski definition) is 4. The second kappa shape index (κ2) is 7.31. The average molecular weight is 331 g/mol. The maximum absolute atomic E-state index is 12.1. The van der Waals surface area contributed by atoms with E-state index in [1.165, 1.54) is 0 Å². The summed E-state index contributed by atoms with van der Waals surface area (Å²) in [5, 5.41) is 13.3. The first-order chi connectivity index (χ1) is 11.7. The van der Waals surface area contributed by atoms with Gasteiger partial charge >= 0.3 is 6.03 Å². The molecule has 24 heavy (non-hydrogen) atoms. The van der Waals surface area contributed by atoms with Crippen LogP contribution in [0.2, 0.25) is 0 Å². The second-order valence-electron chi connectivity index (χ2n) is 5.87. The van der Waals surface area contributed by atoms with Crippen molar-refractivity contribution in [2.24, 2.45) is 5.92 Å². The Morgan fingerprint density at radius 1 is 1.50 bits per heavy atom. The zero-order chi connectivity index (χ0) is 16.9. The molecular weight excluding hydrogens is 310 g/mol. The quantitative estimate of drug-likeness (QED) is 0.740. The fourth-order valence-corrected chi connectivity index (χ4v) is 2.89. The van der Waals surface area contributed by atoms with Crippen molar-refractivity contribution in [3.8, 4) is 0 Å². The van der Waals surface area contributed by atoms with Crippen molar-refractivity contribution in [1.29, 1.82) is 0 Å². The summed E-state index contributed by atoms with van der Waals surface area (Å²) in [6.45, 7) is 2.24. The number of anilines is 1. The van der Waals surface area contributed by atoms with E-state index in [9.17, 15) is 9.59 Å². The molecule has 0 unspecified atom stereocenters. The number of benzene rings is 1. The summed E-state index contributed by atoms with van der Waals surface area (Å²) >= 11 is 0. The maximum Gasteiger partial charge on any atom is 0.319 e. The van der Waals surface area contributed by atoms with Gasteiger partial charge in [-0.15, -0.1) is 0 Å². The van der Waals surface area contributed by atoms with E-state index in [4.69, 9.17) is 4.74 Å². The number of carbonyl (C=O) groups is 2. The predicted molar refractivity (Wildman–Crippen MR) is 89.7 cm³/mol. The van der Waals surface area contributed by atoms with Crippen LogP contribution in [0, 0.1) is 5.92 Å². The third-order valence-electron chi connectivity index (χ3n) is 4.14. The number of nitrogens with one attached hydrogen (secondary N) is 3. The highest BCUT2D eigenvalue weighted by atomic mass is 16.5. The van der Waals surface area contributed by atoms with Crippen LogP contribution in [-0.2, 0) is 9.53 Å². The molecule has 0 aliphatic carbocycles. The number of ether oxygens (including phenoxy) is 1. The van der Waals surface area contributed by atoms with Gasteiger partial charge in [-0.2, -0.15) is 5.10 Å². The summed E-state index contributed by atoms with van der Waals surface area (Å²) in [5.74, 6) is 0.243. The molecular formula is C16H21N5O3. The molecule has 1 aromatic heterocycles. The van der Waals surface area contributed by atoms with E-state index in [2.05, 4.69) is 20.8 Å². The number of rotatable bonds is 6. The molecule has 8 heteroatoms. The number of H-pyrrole nitrogens is 1. The van der Waals surface area contributed by atoms with Crippen molar-refractivity contribution < 1.29 is 14.3 Å². The van der Waals surface area contributed by atoms with Crippen molar-refractivity contribution in [1.82, 2.24) is 20.4 Å². The molecule has 128 valence electrons. The molecule has 1 aliphatic heterocycles. The Labute approximate surface area is 139 Å². The van der Waals surface area contributed by atoms with Crippen molar-refractivity contribution in [3.63, 3.8) is 0 Å². The largest absolute Gasteiger partial charge is 0.383 e. The molecule has 1 aromatic carbocycles. The number of methoxy groups -OCH3 is 1. The monoisotopic (exact) mass is 331 g/mol. The fraction of sp³-hybridized carbons (Fsp3) is 0.438. The van der Waals surface area contributed by atoms with Gasteiger partial charge < -0.3 is 20.3 Å². The van der Waals surface area contributed by atoms with Gasteiger partial charge in [-0.1, -0.05) is 6.07 Å². The Balaban J connectivity index is 1.49. The van der Waals surface area contributed by atoms with Crippen LogP contribution in [0.5, 0.6) is 0 Å². The topological polar surface area (TPSA) is 99.3 Å². The SMILES string of the molecule is COCCN1C[C@H](CNC(=O)Nc2cccc3[nH]ncc23)CC1=O. The van der Waals surface area contributed by atoms with E-state index in [1.807, 2.05) is 18.2 Å². The number of aromatic amines is 1. The van der Waals surface area contributed by atoms with Gasteiger partial charge in [0, 0.05) is 44.5 Å². The third-order valence-corrected chi connectivity index (χ3v) is 4.14. The standard InChI is InChI=1S/C16H21N5O3/c1-24-6-5-21-10-11(7-15(21)22)8-17-16(23)19-13-3-2-4-14-12(13)9-18-20-14/h2-4,9,11H,5-8,10H2,1H3,(H,18,20)(H2,17,19,23)/t11-/m0/s1. The van der Waals surface area contributed by atoms with Gasteiger partial charge in [0.1, 0.15) is 0 Å². The van der Waals surface area contributed by atoms with Crippen LogP contribution < -0.4 is 10.6 Å². The smallest absolute Gasteiger partial charge is 0.319 e. The first-order valence-corrected chi connectivity index (χ1v) is 7.91. The summed E-state index contributed by atoms with van der Waals surface area (Å²) in [5.41, 5.74) is 1.56. The number of nitrogens with zero attached hydrogens (tertiary/aromatic N) is 2. The summed E-state index contributed by atoms with van der Waals surface area (Å²) in [4.78, 5) is 25.8. The summed E-state index contributed by atoms with van der Waals surface area (Å²) in [6.07, 6.45) is 2.13. The van der Waals surface area contributed by atoms with E-state index in [1.54, 1.807) is 18.2 Å². The van der Waals surface area contributed by atoms with Gasteiger partial charge in [-0.3, -0.25) is 9.89 Å². The van der Waals surface area contributed by atoms with Gasteiger partial charge in [0.15, 0.2) is 0 Å². The lowest BCUT2D eigenvalue weighted by atomic mass is 10.1. The lowest BCUT2D eigenvalue weighted by Crippen LogP contribution is -2.34. The Hall–Kier alpha value is -2.61. The molecule has 3 N–H and O–H groups in total. The molecule has 3 amide bonds. The Kier molecular flexibility index (Phi) is 4.95. The second-order valence-corrected chi connectivity index (χ2v) is 5.87. The first-order valence-electron chi connectivity index (χ1n) is 7.91.